The minimum atomic E-state index is -1.10. The third kappa shape index (κ3) is 3.29. The lowest BCUT2D eigenvalue weighted by Gasteiger charge is -2.43. The molecule has 3 heterocycles. The number of likely N-dealkylation sites (tertiary alicyclic amines) is 1. The van der Waals surface area contributed by atoms with E-state index in [9.17, 15) is 14.7 Å². The maximum atomic E-state index is 12.1. The van der Waals surface area contributed by atoms with Crippen LogP contribution in [0.4, 0.5) is 0 Å². The van der Waals surface area contributed by atoms with Crippen LogP contribution in [-0.4, -0.2) is 48.2 Å². The summed E-state index contributed by atoms with van der Waals surface area (Å²) in [6, 6.07) is -0.390. The first-order chi connectivity index (χ1) is 11.4. The lowest BCUT2D eigenvalue weighted by atomic mass is 9.88. The standard InChI is InChI=1S/C16H21N5O3/c1-11-8-21(15(23)19-14(11)22)13-3-6-20(10-16(13,2)24)9-12-7-17-4-5-18-12/h4-5,7-8,13,24H,3,6,9-10H2,1-2H3,(H,19,22,23)/t13-,16-/m0/s1. The first kappa shape index (κ1) is 16.5. The van der Waals surface area contributed by atoms with Crippen LogP contribution >= 0.6 is 0 Å². The number of aromatic amines is 1. The quantitative estimate of drug-likeness (QED) is 0.809. The van der Waals surface area contributed by atoms with Gasteiger partial charge in [0.2, 0.25) is 0 Å². The number of β-amino-alcohol motifs (C(OH)–C–C–N with tert-alkyl or cyclic N) is 1. The van der Waals surface area contributed by atoms with Crippen molar-refractivity contribution in [1.82, 2.24) is 24.4 Å². The summed E-state index contributed by atoms with van der Waals surface area (Å²) in [7, 11) is 0. The molecule has 3 rings (SSSR count). The minimum absolute atomic E-state index is 0.390. The van der Waals surface area contributed by atoms with Gasteiger partial charge in [0.15, 0.2) is 0 Å². The van der Waals surface area contributed by atoms with Crippen molar-refractivity contribution in [2.75, 3.05) is 13.1 Å². The molecule has 24 heavy (non-hydrogen) atoms. The van der Waals surface area contributed by atoms with E-state index in [0.717, 1.165) is 5.69 Å². The fourth-order valence-corrected chi connectivity index (χ4v) is 3.28. The van der Waals surface area contributed by atoms with Crippen LogP contribution in [0.25, 0.3) is 0 Å². The van der Waals surface area contributed by atoms with E-state index in [4.69, 9.17) is 0 Å². The second-order valence-electron chi connectivity index (χ2n) is 6.55. The van der Waals surface area contributed by atoms with Crippen molar-refractivity contribution < 1.29 is 5.11 Å². The zero-order valence-corrected chi connectivity index (χ0v) is 13.8. The molecule has 1 aliphatic heterocycles. The molecule has 0 radical (unpaired) electrons. The summed E-state index contributed by atoms with van der Waals surface area (Å²) in [6.45, 7) is 5.07. The molecule has 2 atom stereocenters. The number of aliphatic hydroxyl groups is 1. The van der Waals surface area contributed by atoms with Crippen LogP contribution in [0, 0.1) is 6.92 Å². The van der Waals surface area contributed by atoms with Crippen LogP contribution in [0.1, 0.15) is 30.6 Å². The maximum Gasteiger partial charge on any atom is 0.328 e. The van der Waals surface area contributed by atoms with Crippen molar-refractivity contribution in [2.24, 2.45) is 0 Å². The number of nitrogens with zero attached hydrogens (tertiary/aromatic N) is 4. The predicted molar refractivity (Wildman–Crippen MR) is 87.6 cm³/mol. The average molecular weight is 331 g/mol. The Morgan fingerprint density at radius 2 is 2.21 bits per heavy atom. The van der Waals surface area contributed by atoms with E-state index < -0.39 is 22.9 Å². The third-order valence-corrected chi connectivity index (χ3v) is 4.46. The van der Waals surface area contributed by atoms with Crippen LogP contribution in [0.5, 0.6) is 0 Å². The molecule has 1 fully saturated rings. The molecule has 2 aromatic rings. The Morgan fingerprint density at radius 3 is 2.88 bits per heavy atom. The Labute approximate surface area is 138 Å². The van der Waals surface area contributed by atoms with Crippen molar-refractivity contribution in [3.63, 3.8) is 0 Å². The number of H-pyrrole nitrogens is 1. The van der Waals surface area contributed by atoms with E-state index in [-0.39, 0.29) is 0 Å². The molecule has 128 valence electrons. The summed E-state index contributed by atoms with van der Waals surface area (Å²) >= 11 is 0. The van der Waals surface area contributed by atoms with Gasteiger partial charge in [-0.05, 0) is 20.3 Å². The van der Waals surface area contributed by atoms with Gasteiger partial charge in [-0.3, -0.25) is 29.2 Å². The van der Waals surface area contributed by atoms with E-state index in [2.05, 4.69) is 19.9 Å². The first-order valence-electron chi connectivity index (χ1n) is 7.88. The van der Waals surface area contributed by atoms with Gasteiger partial charge in [-0.1, -0.05) is 0 Å². The summed E-state index contributed by atoms with van der Waals surface area (Å²) in [4.78, 5) is 36.3. The van der Waals surface area contributed by atoms with Crippen molar-refractivity contribution in [3.8, 4) is 0 Å². The van der Waals surface area contributed by atoms with Crippen LogP contribution in [-0.2, 0) is 6.54 Å². The maximum absolute atomic E-state index is 12.1. The molecule has 2 N–H and O–H groups in total. The van der Waals surface area contributed by atoms with E-state index in [1.54, 1.807) is 32.4 Å². The van der Waals surface area contributed by atoms with Crippen molar-refractivity contribution in [3.05, 3.63) is 56.9 Å². The van der Waals surface area contributed by atoms with Crippen LogP contribution in [0.2, 0.25) is 0 Å². The second kappa shape index (κ2) is 6.29. The molecule has 8 nitrogen and oxygen atoms in total. The predicted octanol–water partition coefficient (Wildman–Crippen LogP) is -0.167. The summed E-state index contributed by atoms with van der Waals surface area (Å²) in [6.07, 6.45) is 7.09. The molecule has 0 bridgehead atoms. The molecule has 0 unspecified atom stereocenters. The van der Waals surface area contributed by atoms with Crippen molar-refractivity contribution >= 4 is 0 Å². The largest absolute Gasteiger partial charge is 0.387 e. The third-order valence-electron chi connectivity index (χ3n) is 4.46. The highest BCUT2D eigenvalue weighted by Crippen LogP contribution is 2.31. The molecule has 0 aromatic carbocycles. The number of nitrogens with one attached hydrogen (secondary N) is 1. The van der Waals surface area contributed by atoms with Crippen molar-refractivity contribution in [1.29, 1.82) is 0 Å². The van der Waals surface area contributed by atoms with Crippen LogP contribution in [0.15, 0.2) is 34.4 Å². The molecule has 2 aromatic heterocycles. The molecule has 0 aliphatic carbocycles. The SMILES string of the molecule is Cc1cn([C@H]2CCN(Cc3cnccn3)C[C@]2(C)O)c(=O)[nH]c1=O. The Bertz CT molecular complexity index is 828. The topological polar surface area (TPSA) is 104 Å². The normalized spacial score (nSPS) is 24.9. The Morgan fingerprint density at radius 1 is 1.42 bits per heavy atom. The highest BCUT2D eigenvalue weighted by Gasteiger charge is 2.39. The monoisotopic (exact) mass is 331 g/mol. The molecule has 1 saturated heterocycles. The summed E-state index contributed by atoms with van der Waals surface area (Å²) in [5, 5.41) is 10.9. The summed E-state index contributed by atoms with van der Waals surface area (Å²) < 4.78 is 1.44. The number of hydrogen-bond donors (Lipinski definition) is 2. The molecule has 0 spiro atoms. The van der Waals surface area contributed by atoms with Crippen LogP contribution < -0.4 is 11.2 Å². The summed E-state index contributed by atoms with van der Waals surface area (Å²) in [5.41, 5.74) is -0.694. The number of hydrogen-bond acceptors (Lipinski definition) is 6. The van der Waals surface area contributed by atoms with Crippen molar-refractivity contribution in [2.45, 2.75) is 38.5 Å². The fraction of sp³-hybridized carbons (Fsp3) is 0.500. The molecule has 0 saturated carbocycles. The molecule has 0 amide bonds. The van der Waals surface area contributed by atoms with Gasteiger partial charge in [0.1, 0.15) is 0 Å². The fourth-order valence-electron chi connectivity index (χ4n) is 3.28. The van der Waals surface area contributed by atoms with E-state index in [1.807, 2.05) is 0 Å². The molecule has 1 aliphatic rings. The van der Waals surface area contributed by atoms with Gasteiger partial charge >= 0.3 is 5.69 Å². The Balaban J connectivity index is 1.81. The second-order valence-corrected chi connectivity index (χ2v) is 6.55. The number of aryl methyl sites for hydroxylation is 1. The number of rotatable bonds is 3. The van der Waals surface area contributed by atoms with Gasteiger partial charge in [0.25, 0.3) is 5.56 Å². The molecular weight excluding hydrogens is 310 g/mol. The average Bonchev–Trinajstić information content (AvgIpc) is 2.52. The van der Waals surface area contributed by atoms with E-state index >= 15 is 0 Å². The number of aromatic nitrogens is 4. The van der Waals surface area contributed by atoms with Gasteiger partial charge in [0, 0.05) is 50.0 Å². The van der Waals surface area contributed by atoms with E-state index in [0.29, 0.717) is 31.6 Å². The summed E-state index contributed by atoms with van der Waals surface area (Å²) in [5.74, 6) is 0. The van der Waals surface area contributed by atoms with Gasteiger partial charge in [-0.2, -0.15) is 0 Å². The minimum Gasteiger partial charge on any atom is -0.387 e. The van der Waals surface area contributed by atoms with Gasteiger partial charge in [-0.15, -0.1) is 0 Å². The highest BCUT2D eigenvalue weighted by molar-refractivity contribution is 5.05. The zero-order chi connectivity index (χ0) is 17.3. The Hall–Kier alpha value is -2.32. The first-order valence-corrected chi connectivity index (χ1v) is 7.88. The Kier molecular flexibility index (Phi) is 4.33. The van der Waals surface area contributed by atoms with Gasteiger partial charge < -0.3 is 5.11 Å². The molecule has 8 heteroatoms. The lowest BCUT2D eigenvalue weighted by Crippen LogP contribution is -2.54. The van der Waals surface area contributed by atoms with Gasteiger partial charge in [0.05, 0.1) is 17.3 Å². The van der Waals surface area contributed by atoms with E-state index in [1.165, 1.54) is 10.8 Å². The van der Waals surface area contributed by atoms with Crippen LogP contribution in [0.3, 0.4) is 0 Å². The smallest absolute Gasteiger partial charge is 0.328 e. The zero-order valence-electron chi connectivity index (χ0n) is 13.8. The number of piperidine rings is 1. The highest BCUT2D eigenvalue weighted by atomic mass is 16.3. The lowest BCUT2D eigenvalue weighted by molar-refractivity contribution is -0.0606. The molecular formula is C16H21N5O3. The van der Waals surface area contributed by atoms with Gasteiger partial charge in [-0.25, -0.2) is 4.79 Å².